The maximum absolute atomic E-state index is 10.7. The molecule has 110 valence electrons. The summed E-state index contributed by atoms with van der Waals surface area (Å²) in [5.41, 5.74) is 1.50. The molecule has 20 heavy (non-hydrogen) atoms. The highest BCUT2D eigenvalue weighted by Gasteiger charge is 2.13. The third kappa shape index (κ3) is 4.97. The minimum absolute atomic E-state index is 0.352. The number of carbonyl (C=O) groups is 1. The molecule has 2 N–H and O–H groups in total. The summed E-state index contributed by atoms with van der Waals surface area (Å²) >= 11 is 0. The van der Waals surface area contributed by atoms with Crippen LogP contribution in [0.1, 0.15) is 60.9 Å². The van der Waals surface area contributed by atoms with E-state index in [1.807, 2.05) is 12.1 Å². The van der Waals surface area contributed by atoms with Gasteiger partial charge < -0.3 is 10.4 Å². The summed E-state index contributed by atoms with van der Waals surface area (Å²) in [5.74, 6) is 0.134. The van der Waals surface area contributed by atoms with Crippen LogP contribution in [0.25, 0.3) is 0 Å². The van der Waals surface area contributed by atoms with E-state index in [1.54, 1.807) is 12.1 Å². The summed E-state index contributed by atoms with van der Waals surface area (Å²) in [6.45, 7) is 1.87. The van der Waals surface area contributed by atoms with Crippen LogP contribution >= 0.6 is 0 Å². The van der Waals surface area contributed by atoms with Gasteiger partial charge in [0.05, 0.1) is 5.56 Å². The average molecular weight is 275 g/mol. The number of carboxylic acid groups (broad SMARTS) is 1. The molecule has 0 radical (unpaired) electrons. The molecule has 0 unspecified atom stereocenters. The number of benzene rings is 1. The van der Waals surface area contributed by atoms with E-state index in [4.69, 9.17) is 5.11 Å². The van der Waals surface area contributed by atoms with Crippen LogP contribution in [0.3, 0.4) is 0 Å². The van der Waals surface area contributed by atoms with E-state index >= 15 is 0 Å². The first-order valence-electron chi connectivity index (χ1n) is 7.78. The lowest BCUT2D eigenvalue weighted by Gasteiger charge is -2.09. The van der Waals surface area contributed by atoms with Gasteiger partial charge in [-0.05, 0) is 36.6 Å². The second kappa shape index (κ2) is 8.05. The second-order valence-electron chi connectivity index (χ2n) is 5.83. The minimum Gasteiger partial charge on any atom is -0.478 e. The summed E-state index contributed by atoms with van der Waals surface area (Å²) in [6, 6.07) is 7.10. The van der Waals surface area contributed by atoms with Crippen LogP contribution in [0.15, 0.2) is 24.3 Å². The first-order valence-corrected chi connectivity index (χ1v) is 7.78. The summed E-state index contributed by atoms with van der Waals surface area (Å²) in [4.78, 5) is 10.7. The fourth-order valence-electron chi connectivity index (χ4n) is 2.98. The molecule has 0 amide bonds. The van der Waals surface area contributed by atoms with Gasteiger partial charge in [0.2, 0.25) is 0 Å². The van der Waals surface area contributed by atoms with E-state index in [9.17, 15) is 4.79 Å². The number of aromatic carboxylic acids is 1. The van der Waals surface area contributed by atoms with Gasteiger partial charge in [0.15, 0.2) is 0 Å². The van der Waals surface area contributed by atoms with Crippen LogP contribution in [0.2, 0.25) is 0 Å². The highest BCUT2D eigenvalue weighted by molar-refractivity contribution is 5.87. The van der Waals surface area contributed by atoms with Crippen LogP contribution in [0.4, 0.5) is 0 Å². The Morgan fingerprint density at radius 2 is 1.85 bits per heavy atom. The molecule has 0 spiro atoms. The van der Waals surface area contributed by atoms with Gasteiger partial charge in [-0.25, -0.2) is 4.79 Å². The van der Waals surface area contributed by atoms with Crippen molar-refractivity contribution in [1.29, 1.82) is 0 Å². The number of rotatable bonds is 8. The van der Waals surface area contributed by atoms with E-state index in [-0.39, 0.29) is 0 Å². The van der Waals surface area contributed by atoms with Crippen molar-refractivity contribution in [2.45, 2.75) is 51.5 Å². The fraction of sp³-hybridized carbons (Fsp3) is 0.588. The van der Waals surface area contributed by atoms with Crippen molar-refractivity contribution < 1.29 is 9.90 Å². The fourth-order valence-corrected chi connectivity index (χ4v) is 2.98. The molecule has 1 fully saturated rings. The molecule has 1 aromatic carbocycles. The SMILES string of the molecule is O=C(O)c1ccc(CNCCCCC2CCCC2)cc1. The molecule has 0 heterocycles. The molecule has 1 aliphatic carbocycles. The monoisotopic (exact) mass is 275 g/mol. The van der Waals surface area contributed by atoms with E-state index in [0.29, 0.717) is 5.56 Å². The Morgan fingerprint density at radius 3 is 2.50 bits per heavy atom. The van der Waals surface area contributed by atoms with Crippen molar-refractivity contribution in [2.24, 2.45) is 5.92 Å². The number of hydrogen-bond donors (Lipinski definition) is 2. The lowest BCUT2D eigenvalue weighted by molar-refractivity contribution is 0.0697. The maximum Gasteiger partial charge on any atom is 0.335 e. The van der Waals surface area contributed by atoms with Gasteiger partial charge in [0.1, 0.15) is 0 Å². The Kier molecular flexibility index (Phi) is 6.06. The van der Waals surface area contributed by atoms with E-state index in [0.717, 1.165) is 24.6 Å². The van der Waals surface area contributed by atoms with Crippen molar-refractivity contribution in [1.82, 2.24) is 5.32 Å². The Hall–Kier alpha value is -1.35. The molecule has 0 atom stereocenters. The lowest BCUT2D eigenvalue weighted by atomic mass is 10.0. The summed E-state index contributed by atoms with van der Waals surface area (Å²) in [6.07, 6.45) is 9.74. The Morgan fingerprint density at radius 1 is 1.15 bits per heavy atom. The van der Waals surface area contributed by atoms with E-state index in [2.05, 4.69) is 5.32 Å². The van der Waals surface area contributed by atoms with Crippen LogP contribution in [0.5, 0.6) is 0 Å². The Labute approximate surface area is 121 Å². The number of unbranched alkanes of at least 4 members (excludes halogenated alkanes) is 1. The van der Waals surface area contributed by atoms with Crippen molar-refractivity contribution in [3.63, 3.8) is 0 Å². The van der Waals surface area contributed by atoms with Gasteiger partial charge >= 0.3 is 5.97 Å². The van der Waals surface area contributed by atoms with Gasteiger partial charge in [-0.1, -0.05) is 50.7 Å². The van der Waals surface area contributed by atoms with E-state index < -0.39 is 5.97 Å². The molecule has 2 rings (SSSR count). The van der Waals surface area contributed by atoms with Crippen molar-refractivity contribution >= 4 is 5.97 Å². The van der Waals surface area contributed by atoms with Crippen LogP contribution < -0.4 is 5.32 Å². The highest BCUT2D eigenvalue weighted by Crippen LogP contribution is 2.28. The quantitative estimate of drug-likeness (QED) is 0.709. The topological polar surface area (TPSA) is 49.3 Å². The number of hydrogen-bond acceptors (Lipinski definition) is 2. The predicted octanol–water partition coefficient (Wildman–Crippen LogP) is 3.83. The Balaban J connectivity index is 1.55. The molecule has 1 aromatic rings. The van der Waals surface area contributed by atoms with Crippen LogP contribution in [0, 0.1) is 5.92 Å². The van der Waals surface area contributed by atoms with Gasteiger partial charge in [-0.2, -0.15) is 0 Å². The second-order valence-corrected chi connectivity index (χ2v) is 5.83. The molecule has 1 saturated carbocycles. The zero-order valence-corrected chi connectivity index (χ0v) is 12.1. The largest absolute Gasteiger partial charge is 0.478 e. The molecule has 3 nitrogen and oxygen atoms in total. The molecular formula is C17H25NO2. The summed E-state index contributed by atoms with van der Waals surface area (Å²) in [7, 11) is 0. The number of nitrogens with one attached hydrogen (secondary N) is 1. The third-order valence-corrected chi connectivity index (χ3v) is 4.22. The van der Waals surface area contributed by atoms with E-state index in [1.165, 1.54) is 44.9 Å². The molecule has 0 saturated heterocycles. The van der Waals surface area contributed by atoms with Gasteiger partial charge in [0, 0.05) is 6.54 Å². The first-order chi connectivity index (χ1) is 9.75. The van der Waals surface area contributed by atoms with Crippen molar-refractivity contribution in [3.8, 4) is 0 Å². The standard InChI is InChI=1S/C17H25NO2/c19-17(20)16-10-8-15(9-11-16)13-18-12-4-3-7-14-5-1-2-6-14/h8-11,14,18H,1-7,12-13H2,(H,19,20). The normalized spacial score (nSPS) is 15.6. The smallest absolute Gasteiger partial charge is 0.335 e. The molecule has 0 aliphatic heterocycles. The zero-order chi connectivity index (χ0) is 14.2. The summed E-state index contributed by atoms with van der Waals surface area (Å²) < 4.78 is 0. The highest BCUT2D eigenvalue weighted by atomic mass is 16.4. The zero-order valence-electron chi connectivity index (χ0n) is 12.1. The lowest BCUT2D eigenvalue weighted by Crippen LogP contribution is -2.15. The summed E-state index contributed by atoms with van der Waals surface area (Å²) in [5, 5.41) is 12.3. The first kappa shape index (κ1) is 15.0. The molecule has 0 bridgehead atoms. The average Bonchev–Trinajstić information content (AvgIpc) is 2.96. The number of carboxylic acids is 1. The van der Waals surface area contributed by atoms with Gasteiger partial charge in [-0.3, -0.25) is 0 Å². The molecule has 0 aromatic heterocycles. The third-order valence-electron chi connectivity index (χ3n) is 4.22. The van der Waals surface area contributed by atoms with Crippen molar-refractivity contribution in [2.75, 3.05) is 6.54 Å². The minimum atomic E-state index is -0.864. The molecule has 1 aliphatic rings. The maximum atomic E-state index is 10.7. The van der Waals surface area contributed by atoms with Gasteiger partial charge in [-0.15, -0.1) is 0 Å². The predicted molar refractivity (Wildman–Crippen MR) is 80.9 cm³/mol. The molecule has 3 heteroatoms. The van der Waals surface area contributed by atoms with Crippen LogP contribution in [-0.4, -0.2) is 17.6 Å². The Bertz CT molecular complexity index is 408. The van der Waals surface area contributed by atoms with Gasteiger partial charge in [0.25, 0.3) is 0 Å². The van der Waals surface area contributed by atoms with Crippen LogP contribution in [-0.2, 0) is 6.54 Å². The van der Waals surface area contributed by atoms with Crippen molar-refractivity contribution in [3.05, 3.63) is 35.4 Å². The molecular weight excluding hydrogens is 250 g/mol.